The standard InChI is InChI=1S/C23H25N3O8/c1-30-11-9-25(10-12-31-2)22-15-21(34-24-22)19-8-7-18(32-3)14-20(19)33-23(27)16-5-4-6-17(13-16)26(28)29/h4-8,13-15H,9-12H2,1-3H3. The fraction of sp³-hybridized carbons (Fsp3) is 0.304. The zero-order valence-electron chi connectivity index (χ0n) is 19.1. The van der Waals surface area contributed by atoms with Crippen LogP contribution in [0.2, 0.25) is 0 Å². The van der Waals surface area contributed by atoms with Crippen LogP contribution in [-0.4, -0.2) is 63.7 Å². The monoisotopic (exact) mass is 471 g/mol. The average Bonchev–Trinajstić information content (AvgIpc) is 3.34. The summed E-state index contributed by atoms with van der Waals surface area (Å²) in [5.41, 5.74) is 0.274. The van der Waals surface area contributed by atoms with Gasteiger partial charge >= 0.3 is 5.97 Å². The summed E-state index contributed by atoms with van der Waals surface area (Å²) < 4.78 is 26.7. The molecule has 11 heteroatoms. The summed E-state index contributed by atoms with van der Waals surface area (Å²) in [6, 6.07) is 11.9. The van der Waals surface area contributed by atoms with Gasteiger partial charge in [0.25, 0.3) is 5.69 Å². The van der Waals surface area contributed by atoms with Crippen LogP contribution in [-0.2, 0) is 9.47 Å². The number of anilines is 1. The zero-order chi connectivity index (χ0) is 24.5. The van der Waals surface area contributed by atoms with E-state index in [-0.39, 0.29) is 17.0 Å². The van der Waals surface area contributed by atoms with Crippen molar-refractivity contribution in [1.82, 2.24) is 5.16 Å². The summed E-state index contributed by atoms with van der Waals surface area (Å²) in [5, 5.41) is 15.2. The van der Waals surface area contributed by atoms with Gasteiger partial charge in [0, 0.05) is 51.6 Å². The summed E-state index contributed by atoms with van der Waals surface area (Å²) in [7, 11) is 4.71. The third-order valence-electron chi connectivity index (χ3n) is 4.90. The van der Waals surface area contributed by atoms with Gasteiger partial charge in [-0.05, 0) is 18.2 Å². The predicted octanol–water partition coefficient (Wildman–Crippen LogP) is 3.58. The van der Waals surface area contributed by atoms with Crippen LogP contribution < -0.4 is 14.4 Å². The van der Waals surface area contributed by atoms with Gasteiger partial charge in [-0.1, -0.05) is 11.2 Å². The first kappa shape index (κ1) is 24.7. The van der Waals surface area contributed by atoms with E-state index in [2.05, 4.69) is 5.16 Å². The van der Waals surface area contributed by atoms with Crippen molar-refractivity contribution in [3.63, 3.8) is 0 Å². The molecule has 0 aliphatic rings. The Morgan fingerprint density at radius 2 is 1.79 bits per heavy atom. The highest BCUT2D eigenvalue weighted by Crippen LogP contribution is 2.35. The molecular weight excluding hydrogens is 446 g/mol. The normalized spacial score (nSPS) is 10.7. The maximum Gasteiger partial charge on any atom is 0.343 e. The van der Waals surface area contributed by atoms with E-state index in [0.717, 1.165) is 6.07 Å². The summed E-state index contributed by atoms with van der Waals surface area (Å²) in [4.78, 5) is 25.2. The first-order valence-electron chi connectivity index (χ1n) is 10.3. The van der Waals surface area contributed by atoms with Crippen molar-refractivity contribution in [3.8, 4) is 22.8 Å². The lowest BCUT2D eigenvalue weighted by molar-refractivity contribution is -0.384. The van der Waals surface area contributed by atoms with Crippen molar-refractivity contribution in [2.24, 2.45) is 0 Å². The highest BCUT2D eigenvalue weighted by atomic mass is 16.6. The van der Waals surface area contributed by atoms with E-state index in [1.165, 1.54) is 31.4 Å². The van der Waals surface area contributed by atoms with Crippen LogP contribution in [0, 0.1) is 10.1 Å². The second kappa shape index (κ2) is 11.8. The minimum absolute atomic E-state index is 0.0338. The third kappa shape index (κ3) is 6.09. The van der Waals surface area contributed by atoms with Gasteiger partial charge in [0.15, 0.2) is 11.6 Å². The number of nitro groups is 1. The molecule has 0 saturated carbocycles. The first-order valence-corrected chi connectivity index (χ1v) is 10.3. The number of nitro benzene ring substituents is 1. The van der Waals surface area contributed by atoms with Crippen molar-refractivity contribution < 1.29 is 33.2 Å². The van der Waals surface area contributed by atoms with E-state index in [0.29, 0.717) is 49.2 Å². The lowest BCUT2D eigenvalue weighted by Crippen LogP contribution is -2.30. The van der Waals surface area contributed by atoms with Crippen LogP contribution >= 0.6 is 0 Å². The molecule has 0 fully saturated rings. The minimum atomic E-state index is -0.764. The summed E-state index contributed by atoms with van der Waals surface area (Å²) in [6.45, 7) is 2.12. The van der Waals surface area contributed by atoms with Crippen molar-refractivity contribution in [1.29, 1.82) is 0 Å². The number of benzene rings is 2. The van der Waals surface area contributed by atoms with Gasteiger partial charge < -0.3 is 28.4 Å². The molecule has 3 rings (SSSR count). The molecule has 0 saturated heterocycles. The fourth-order valence-electron chi connectivity index (χ4n) is 3.11. The fourth-order valence-corrected chi connectivity index (χ4v) is 3.11. The summed E-state index contributed by atoms with van der Waals surface area (Å²) in [6.07, 6.45) is 0. The lowest BCUT2D eigenvalue weighted by Gasteiger charge is -2.20. The van der Waals surface area contributed by atoms with E-state index in [1.807, 2.05) is 4.90 Å². The summed E-state index contributed by atoms with van der Waals surface area (Å²) in [5.74, 6) is 0.765. The van der Waals surface area contributed by atoms with Gasteiger partial charge in [0.1, 0.15) is 11.5 Å². The van der Waals surface area contributed by atoms with Crippen LogP contribution in [0.5, 0.6) is 11.5 Å². The Labute approximate surface area is 195 Å². The molecule has 0 amide bonds. The van der Waals surface area contributed by atoms with Gasteiger partial charge in [-0.15, -0.1) is 0 Å². The van der Waals surface area contributed by atoms with Gasteiger partial charge in [-0.2, -0.15) is 0 Å². The van der Waals surface area contributed by atoms with Gasteiger partial charge in [0.05, 0.1) is 36.4 Å². The van der Waals surface area contributed by atoms with Crippen LogP contribution in [0.15, 0.2) is 53.1 Å². The highest BCUT2D eigenvalue weighted by molar-refractivity contribution is 5.92. The Balaban J connectivity index is 1.91. The van der Waals surface area contributed by atoms with Crippen molar-refractivity contribution >= 4 is 17.5 Å². The molecule has 0 spiro atoms. The maximum atomic E-state index is 12.8. The molecule has 2 aromatic carbocycles. The smallest absolute Gasteiger partial charge is 0.343 e. The van der Waals surface area contributed by atoms with Gasteiger partial charge in [-0.25, -0.2) is 4.79 Å². The number of esters is 1. The Bertz CT molecular complexity index is 1120. The number of ether oxygens (including phenoxy) is 4. The van der Waals surface area contributed by atoms with E-state index in [1.54, 1.807) is 32.4 Å². The third-order valence-corrected chi connectivity index (χ3v) is 4.90. The van der Waals surface area contributed by atoms with Gasteiger partial charge in [-0.3, -0.25) is 10.1 Å². The van der Waals surface area contributed by atoms with Crippen molar-refractivity contribution in [2.75, 3.05) is 52.5 Å². The van der Waals surface area contributed by atoms with E-state index in [4.69, 9.17) is 23.5 Å². The van der Waals surface area contributed by atoms with E-state index >= 15 is 0 Å². The van der Waals surface area contributed by atoms with E-state index in [9.17, 15) is 14.9 Å². The molecule has 0 aliphatic heterocycles. The quantitative estimate of drug-likeness (QED) is 0.167. The molecule has 0 N–H and O–H groups in total. The van der Waals surface area contributed by atoms with Crippen LogP contribution in [0.4, 0.5) is 11.5 Å². The lowest BCUT2D eigenvalue weighted by atomic mass is 10.1. The number of hydrogen-bond acceptors (Lipinski definition) is 10. The number of nitrogens with zero attached hydrogens (tertiary/aromatic N) is 3. The first-order chi connectivity index (χ1) is 16.5. The Morgan fingerprint density at radius 1 is 1.06 bits per heavy atom. The van der Waals surface area contributed by atoms with Crippen LogP contribution in [0.25, 0.3) is 11.3 Å². The largest absolute Gasteiger partial charge is 0.497 e. The van der Waals surface area contributed by atoms with Crippen LogP contribution in [0.3, 0.4) is 0 Å². The molecule has 3 aromatic rings. The second-order valence-corrected chi connectivity index (χ2v) is 7.08. The molecule has 0 radical (unpaired) electrons. The highest BCUT2D eigenvalue weighted by Gasteiger charge is 2.20. The SMILES string of the molecule is COCCN(CCOC)c1cc(-c2ccc(OC)cc2OC(=O)c2cccc([N+](=O)[O-])c2)on1. The molecule has 0 atom stereocenters. The Kier molecular flexibility index (Phi) is 8.54. The number of methoxy groups -OCH3 is 3. The van der Waals surface area contributed by atoms with Crippen molar-refractivity contribution in [3.05, 3.63) is 64.2 Å². The molecule has 0 unspecified atom stereocenters. The number of non-ortho nitro benzene ring substituents is 1. The predicted molar refractivity (Wildman–Crippen MR) is 123 cm³/mol. The zero-order valence-corrected chi connectivity index (χ0v) is 19.1. The number of rotatable bonds is 12. The number of aromatic nitrogens is 1. The minimum Gasteiger partial charge on any atom is -0.497 e. The number of carbonyl (C=O) groups excluding carboxylic acids is 1. The molecule has 0 aliphatic carbocycles. The maximum absolute atomic E-state index is 12.8. The second-order valence-electron chi connectivity index (χ2n) is 7.08. The number of hydrogen-bond donors (Lipinski definition) is 0. The molecule has 11 nitrogen and oxygen atoms in total. The van der Waals surface area contributed by atoms with Gasteiger partial charge in [0.2, 0.25) is 0 Å². The molecule has 1 heterocycles. The molecule has 1 aromatic heterocycles. The molecule has 34 heavy (non-hydrogen) atoms. The Hall–Kier alpha value is -3.96. The Morgan fingerprint density at radius 3 is 2.44 bits per heavy atom. The number of carbonyl (C=O) groups is 1. The molecule has 0 bridgehead atoms. The molecular formula is C23H25N3O8. The molecule has 180 valence electrons. The van der Waals surface area contributed by atoms with Crippen molar-refractivity contribution in [2.45, 2.75) is 0 Å². The van der Waals surface area contributed by atoms with Crippen LogP contribution in [0.1, 0.15) is 10.4 Å². The topological polar surface area (TPSA) is 126 Å². The average molecular weight is 471 g/mol. The summed E-state index contributed by atoms with van der Waals surface area (Å²) >= 11 is 0. The van der Waals surface area contributed by atoms with E-state index < -0.39 is 10.9 Å².